The number of fused-ring (bicyclic) bond motifs is 1. The average Bonchev–Trinajstić information content (AvgIpc) is 3.12. The molecular weight excluding hydrogens is 364 g/mol. The standard InChI is InChI=1S/C21H30N8/c1-15(2)29-14-24-17-12-23-20(11-18(17)29)25-19-5-8-22-21(26-19)28-9-6-16(7-10-28)13-27(3)4/h5,8,11-12,14-16H,6-7,9-10,13H2,1-4H3,(H,22,23,25,26). The second-order valence-corrected chi connectivity index (χ2v) is 8.36. The first-order chi connectivity index (χ1) is 14.0. The Bertz CT molecular complexity index is 956. The van der Waals surface area contributed by atoms with Gasteiger partial charge in [-0.2, -0.15) is 4.98 Å². The maximum absolute atomic E-state index is 4.73. The molecule has 4 rings (SSSR count). The smallest absolute Gasteiger partial charge is 0.227 e. The second kappa shape index (κ2) is 8.32. The molecule has 1 saturated heterocycles. The van der Waals surface area contributed by atoms with Crippen LogP contribution >= 0.6 is 0 Å². The van der Waals surface area contributed by atoms with Crippen molar-refractivity contribution in [3.8, 4) is 0 Å². The lowest BCUT2D eigenvalue weighted by atomic mass is 9.97. The predicted octanol–water partition coefficient (Wildman–Crippen LogP) is 3.32. The summed E-state index contributed by atoms with van der Waals surface area (Å²) in [4.78, 5) is 22.7. The molecule has 1 aliphatic heterocycles. The molecule has 0 spiro atoms. The highest BCUT2D eigenvalue weighted by Gasteiger charge is 2.21. The number of hydrogen-bond donors (Lipinski definition) is 1. The van der Waals surface area contributed by atoms with Crippen LogP contribution in [0.1, 0.15) is 32.7 Å². The molecule has 0 unspecified atom stereocenters. The number of aromatic nitrogens is 5. The van der Waals surface area contributed by atoms with E-state index in [0.717, 1.165) is 54.2 Å². The second-order valence-electron chi connectivity index (χ2n) is 8.36. The van der Waals surface area contributed by atoms with E-state index in [-0.39, 0.29) is 0 Å². The third kappa shape index (κ3) is 4.48. The Hall–Kier alpha value is -2.74. The maximum Gasteiger partial charge on any atom is 0.227 e. The van der Waals surface area contributed by atoms with Crippen LogP contribution in [-0.2, 0) is 0 Å². The van der Waals surface area contributed by atoms with Gasteiger partial charge in [0.25, 0.3) is 0 Å². The maximum atomic E-state index is 4.73. The summed E-state index contributed by atoms with van der Waals surface area (Å²) in [5.74, 6) is 3.05. The van der Waals surface area contributed by atoms with Crippen molar-refractivity contribution in [1.29, 1.82) is 0 Å². The third-order valence-corrected chi connectivity index (χ3v) is 5.44. The molecule has 1 aliphatic rings. The third-order valence-electron chi connectivity index (χ3n) is 5.44. The van der Waals surface area contributed by atoms with Gasteiger partial charge in [-0.3, -0.25) is 0 Å². The SMILES string of the molecule is CC(C)n1cnc2cnc(Nc3ccnc(N4CCC(CN(C)C)CC4)n3)cc21. The Morgan fingerprint density at radius 2 is 1.93 bits per heavy atom. The molecule has 0 radical (unpaired) electrons. The number of pyridine rings is 1. The molecule has 154 valence electrons. The highest BCUT2D eigenvalue weighted by atomic mass is 15.3. The van der Waals surface area contributed by atoms with E-state index >= 15 is 0 Å². The number of nitrogens with one attached hydrogen (secondary N) is 1. The molecule has 3 aromatic rings. The fourth-order valence-corrected chi connectivity index (χ4v) is 3.94. The Balaban J connectivity index is 1.47. The van der Waals surface area contributed by atoms with E-state index in [0.29, 0.717) is 6.04 Å². The fourth-order valence-electron chi connectivity index (χ4n) is 3.94. The Labute approximate surface area is 172 Å². The first-order valence-electron chi connectivity index (χ1n) is 10.3. The molecule has 0 aliphatic carbocycles. The van der Waals surface area contributed by atoms with Crippen molar-refractivity contribution in [3.63, 3.8) is 0 Å². The number of anilines is 3. The molecule has 0 atom stereocenters. The van der Waals surface area contributed by atoms with Crippen molar-refractivity contribution < 1.29 is 0 Å². The molecule has 8 heteroatoms. The minimum absolute atomic E-state index is 0.344. The number of piperidine rings is 1. The summed E-state index contributed by atoms with van der Waals surface area (Å²) in [6.07, 6.45) is 7.83. The quantitative estimate of drug-likeness (QED) is 0.687. The minimum atomic E-state index is 0.344. The van der Waals surface area contributed by atoms with Crippen LogP contribution in [0.4, 0.5) is 17.6 Å². The molecule has 0 bridgehead atoms. The van der Waals surface area contributed by atoms with Gasteiger partial charge >= 0.3 is 0 Å². The first kappa shape index (κ1) is 19.6. The van der Waals surface area contributed by atoms with E-state index in [1.54, 1.807) is 6.20 Å². The van der Waals surface area contributed by atoms with Crippen LogP contribution < -0.4 is 10.2 Å². The molecular formula is C21H30N8. The summed E-state index contributed by atoms with van der Waals surface area (Å²) >= 11 is 0. The largest absolute Gasteiger partial charge is 0.341 e. The number of rotatable bonds is 6. The summed E-state index contributed by atoms with van der Waals surface area (Å²) < 4.78 is 2.14. The van der Waals surface area contributed by atoms with Gasteiger partial charge in [-0.05, 0) is 52.8 Å². The highest BCUT2D eigenvalue weighted by Crippen LogP contribution is 2.24. The van der Waals surface area contributed by atoms with Gasteiger partial charge in [-0.1, -0.05) is 0 Å². The lowest BCUT2D eigenvalue weighted by Crippen LogP contribution is -2.38. The number of nitrogens with zero attached hydrogens (tertiary/aromatic N) is 7. The zero-order valence-electron chi connectivity index (χ0n) is 17.7. The van der Waals surface area contributed by atoms with Crippen LogP contribution in [0.15, 0.2) is 30.9 Å². The van der Waals surface area contributed by atoms with Crippen LogP contribution in [0.5, 0.6) is 0 Å². The fraction of sp³-hybridized carbons (Fsp3) is 0.524. The van der Waals surface area contributed by atoms with Crippen LogP contribution in [0.3, 0.4) is 0 Å². The van der Waals surface area contributed by atoms with Crippen molar-refractivity contribution >= 4 is 28.6 Å². The van der Waals surface area contributed by atoms with Gasteiger partial charge in [0.15, 0.2) is 0 Å². The zero-order chi connectivity index (χ0) is 20.4. The van der Waals surface area contributed by atoms with Gasteiger partial charge < -0.3 is 19.7 Å². The summed E-state index contributed by atoms with van der Waals surface area (Å²) in [6.45, 7) is 7.44. The van der Waals surface area contributed by atoms with E-state index in [1.807, 2.05) is 24.7 Å². The Morgan fingerprint density at radius 1 is 1.14 bits per heavy atom. The summed E-state index contributed by atoms with van der Waals surface area (Å²) in [5, 5.41) is 3.33. The lowest BCUT2D eigenvalue weighted by molar-refractivity contribution is 0.284. The van der Waals surface area contributed by atoms with Crippen molar-refractivity contribution in [3.05, 3.63) is 30.9 Å². The van der Waals surface area contributed by atoms with Gasteiger partial charge in [0.05, 0.1) is 18.0 Å². The zero-order valence-corrected chi connectivity index (χ0v) is 17.7. The van der Waals surface area contributed by atoms with E-state index in [4.69, 9.17) is 4.98 Å². The van der Waals surface area contributed by atoms with Crippen LogP contribution in [0.2, 0.25) is 0 Å². The molecule has 0 saturated carbocycles. The van der Waals surface area contributed by atoms with E-state index in [2.05, 4.69) is 62.6 Å². The van der Waals surface area contributed by atoms with E-state index in [9.17, 15) is 0 Å². The molecule has 0 aromatic carbocycles. The summed E-state index contributed by atoms with van der Waals surface area (Å²) in [5.41, 5.74) is 1.96. The van der Waals surface area contributed by atoms with Gasteiger partial charge in [0, 0.05) is 37.9 Å². The molecule has 29 heavy (non-hydrogen) atoms. The van der Waals surface area contributed by atoms with Crippen molar-refractivity contribution in [2.75, 3.05) is 43.9 Å². The Morgan fingerprint density at radius 3 is 2.66 bits per heavy atom. The van der Waals surface area contributed by atoms with E-state index in [1.165, 1.54) is 12.8 Å². The molecule has 1 N–H and O–H groups in total. The van der Waals surface area contributed by atoms with Crippen LogP contribution in [-0.4, -0.2) is 63.1 Å². The number of hydrogen-bond acceptors (Lipinski definition) is 7. The number of imidazole rings is 1. The molecule has 8 nitrogen and oxygen atoms in total. The molecule has 1 fully saturated rings. The minimum Gasteiger partial charge on any atom is -0.341 e. The van der Waals surface area contributed by atoms with Crippen LogP contribution in [0.25, 0.3) is 11.0 Å². The first-order valence-corrected chi connectivity index (χ1v) is 10.3. The van der Waals surface area contributed by atoms with Crippen molar-refractivity contribution in [2.24, 2.45) is 5.92 Å². The van der Waals surface area contributed by atoms with Crippen molar-refractivity contribution in [1.82, 2.24) is 29.4 Å². The monoisotopic (exact) mass is 394 g/mol. The van der Waals surface area contributed by atoms with Crippen molar-refractivity contribution in [2.45, 2.75) is 32.7 Å². The summed E-state index contributed by atoms with van der Waals surface area (Å²) in [6, 6.07) is 4.25. The van der Waals surface area contributed by atoms with E-state index < -0.39 is 0 Å². The predicted molar refractivity (Wildman–Crippen MR) is 117 cm³/mol. The molecule has 4 heterocycles. The van der Waals surface area contributed by atoms with Gasteiger partial charge in [0.1, 0.15) is 17.2 Å². The molecule has 0 amide bonds. The average molecular weight is 395 g/mol. The Kier molecular flexibility index (Phi) is 5.62. The normalized spacial score (nSPS) is 15.6. The van der Waals surface area contributed by atoms with Gasteiger partial charge in [-0.25, -0.2) is 15.0 Å². The molecule has 3 aromatic heterocycles. The van der Waals surface area contributed by atoms with Crippen LogP contribution in [0, 0.1) is 5.92 Å². The summed E-state index contributed by atoms with van der Waals surface area (Å²) in [7, 11) is 4.29. The lowest BCUT2D eigenvalue weighted by Gasteiger charge is -2.33. The highest BCUT2D eigenvalue weighted by molar-refractivity contribution is 5.78. The van der Waals surface area contributed by atoms with Gasteiger partial charge in [-0.15, -0.1) is 0 Å². The topological polar surface area (TPSA) is 75.0 Å². The van der Waals surface area contributed by atoms with Gasteiger partial charge in [0.2, 0.25) is 5.95 Å².